The van der Waals surface area contributed by atoms with Crippen molar-refractivity contribution in [1.82, 2.24) is 4.98 Å². The molecule has 2 aromatic carbocycles. The van der Waals surface area contributed by atoms with Crippen molar-refractivity contribution >= 4 is 34.1 Å². The van der Waals surface area contributed by atoms with Gasteiger partial charge in [0.05, 0.1) is 11.1 Å². The van der Waals surface area contributed by atoms with Gasteiger partial charge in [-0.3, -0.25) is 9.78 Å². The van der Waals surface area contributed by atoms with Gasteiger partial charge in [-0.2, -0.15) is 0 Å². The minimum Gasteiger partial charge on any atom is -0.321 e. The number of hydrogen-bond donors (Lipinski definition) is 1. The van der Waals surface area contributed by atoms with Crippen molar-refractivity contribution in [2.75, 3.05) is 5.32 Å². The first-order valence-corrected chi connectivity index (χ1v) is 9.85. The first kappa shape index (κ1) is 18.0. The molecule has 1 aliphatic carbocycles. The number of carbonyl (C=O) groups is 1. The maximum atomic E-state index is 13.4. The third kappa shape index (κ3) is 3.21. The van der Waals surface area contributed by atoms with Crippen LogP contribution in [-0.2, 0) is 12.8 Å². The second kappa shape index (κ2) is 6.97. The predicted molar refractivity (Wildman–Crippen MR) is 112 cm³/mol. The standard InChI is InChI=1S/C23H23ClN2O/c1-13(2)16-7-4-6-14(3)22(16)26-23(27)21-17-8-5-9-19(17)25-20-11-10-15(24)12-18(20)21/h4,6-7,10-13H,5,8-9H2,1-3H3,(H,26,27). The number of nitrogens with one attached hydrogen (secondary N) is 1. The number of hydrogen-bond acceptors (Lipinski definition) is 2. The maximum Gasteiger partial charge on any atom is 0.256 e. The van der Waals surface area contributed by atoms with Crippen molar-refractivity contribution in [3.8, 4) is 0 Å². The van der Waals surface area contributed by atoms with Gasteiger partial charge in [0.25, 0.3) is 5.91 Å². The molecule has 0 unspecified atom stereocenters. The number of fused-ring (bicyclic) bond motifs is 2. The fourth-order valence-corrected chi connectivity index (χ4v) is 4.18. The van der Waals surface area contributed by atoms with E-state index in [9.17, 15) is 4.79 Å². The molecule has 0 saturated heterocycles. The number of benzene rings is 2. The number of halogens is 1. The van der Waals surface area contributed by atoms with Crippen LogP contribution in [0.2, 0.25) is 5.02 Å². The van der Waals surface area contributed by atoms with Crippen LogP contribution < -0.4 is 5.32 Å². The third-order valence-corrected chi connectivity index (χ3v) is 5.60. The molecule has 27 heavy (non-hydrogen) atoms. The molecule has 0 saturated carbocycles. The Balaban J connectivity index is 1.86. The fourth-order valence-electron chi connectivity index (χ4n) is 4.01. The summed E-state index contributed by atoms with van der Waals surface area (Å²) >= 11 is 6.24. The zero-order chi connectivity index (χ0) is 19.1. The maximum absolute atomic E-state index is 13.4. The van der Waals surface area contributed by atoms with Gasteiger partial charge in [0.15, 0.2) is 0 Å². The molecule has 3 nitrogen and oxygen atoms in total. The molecular formula is C23H23ClN2O. The van der Waals surface area contributed by atoms with Crippen LogP contribution in [0.1, 0.15) is 58.9 Å². The van der Waals surface area contributed by atoms with E-state index in [0.717, 1.165) is 63.8 Å². The second-order valence-electron chi connectivity index (χ2n) is 7.58. The van der Waals surface area contributed by atoms with E-state index in [1.165, 1.54) is 0 Å². The van der Waals surface area contributed by atoms with Gasteiger partial charge in [0.2, 0.25) is 0 Å². The molecule has 1 N–H and O–H groups in total. The van der Waals surface area contributed by atoms with Crippen LogP contribution in [0.5, 0.6) is 0 Å². The second-order valence-corrected chi connectivity index (χ2v) is 8.01. The molecule has 0 fully saturated rings. The summed E-state index contributed by atoms with van der Waals surface area (Å²) < 4.78 is 0. The minimum absolute atomic E-state index is 0.0704. The largest absolute Gasteiger partial charge is 0.321 e. The lowest BCUT2D eigenvalue weighted by Crippen LogP contribution is -2.18. The van der Waals surface area contributed by atoms with Gasteiger partial charge >= 0.3 is 0 Å². The summed E-state index contributed by atoms with van der Waals surface area (Å²) in [5, 5.41) is 4.66. The van der Waals surface area contributed by atoms with Crippen LogP contribution >= 0.6 is 11.6 Å². The topological polar surface area (TPSA) is 42.0 Å². The highest BCUT2D eigenvalue weighted by Gasteiger charge is 2.25. The van der Waals surface area contributed by atoms with Crippen molar-refractivity contribution in [1.29, 1.82) is 0 Å². The van der Waals surface area contributed by atoms with Crippen LogP contribution in [0.3, 0.4) is 0 Å². The van der Waals surface area contributed by atoms with Crippen molar-refractivity contribution in [2.45, 2.75) is 46.0 Å². The summed E-state index contributed by atoms with van der Waals surface area (Å²) in [5.41, 5.74) is 6.81. The summed E-state index contributed by atoms with van der Waals surface area (Å²) in [6.45, 7) is 6.32. The number of aryl methyl sites for hydroxylation is 2. The molecule has 4 heteroatoms. The first-order chi connectivity index (χ1) is 13.0. The Labute approximate surface area is 164 Å². The van der Waals surface area contributed by atoms with Crippen LogP contribution in [0.25, 0.3) is 10.9 Å². The highest BCUT2D eigenvalue weighted by molar-refractivity contribution is 6.31. The number of carbonyl (C=O) groups excluding carboxylic acids is 1. The molecule has 138 valence electrons. The van der Waals surface area contributed by atoms with Gasteiger partial charge in [-0.05, 0) is 67.0 Å². The summed E-state index contributed by atoms with van der Waals surface area (Å²) in [6.07, 6.45) is 2.85. The number of anilines is 1. The summed E-state index contributed by atoms with van der Waals surface area (Å²) in [7, 11) is 0. The molecule has 1 aromatic heterocycles. The van der Waals surface area contributed by atoms with Crippen LogP contribution in [-0.4, -0.2) is 10.9 Å². The number of aromatic nitrogens is 1. The molecule has 0 atom stereocenters. The number of rotatable bonds is 3. The number of para-hydroxylation sites is 1. The van der Waals surface area contributed by atoms with Gasteiger partial charge in [0, 0.05) is 21.8 Å². The monoisotopic (exact) mass is 378 g/mol. The minimum atomic E-state index is -0.0704. The van der Waals surface area contributed by atoms with Crippen LogP contribution in [0, 0.1) is 6.92 Å². The van der Waals surface area contributed by atoms with Crippen molar-refractivity contribution in [3.63, 3.8) is 0 Å². The predicted octanol–water partition coefficient (Wildman–Crippen LogP) is 6.06. The molecule has 0 radical (unpaired) electrons. The smallest absolute Gasteiger partial charge is 0.256 e. The molecular weight excluding hydrogens is 356 g/mol. The van der Waals surface area contributed by atoms with E-state index >= 15 is 0 Å². The zero-order valence-corrected chi connectivity index (χ0v) is 16.7. The molecule has 1 aliphatic rings. The SMILES string of the molecule is Cc1cccc(C(C)C)c1NC(=O)c1c2c(nc3ccc(Cl)cc13)CCC2. The number of amides is 1. The lowest BCUT2D eigenvalue weighted by atomic mass is 9.96. The lowest BCUT2D eigenvalue weighted by Gasteiger charge is -2.18. The third-order valence-electron chi connectivity index (χ3n) is 5.37. The Bertz CT molecular complexity index is 1060. The number of pyridine rings is 1. The average molecular weight is 379 g/mol. The van der Waals surface area contributed by atoms with Crippen molar-refractivity contribution in [2.24, 2.45) is 0 Å². The van der Waals surface area contributed by atoms with Gasteiger partial charge < -0.3 is 5.32 Å². The molecule has 0 bridgehead atoms. The van der Waals surface area contributed by atoms with Gasteiger partial charge in [-0.25, -0.2) is 0 Å². The van der Waals surface area contributed by atoms with Crippen molar-refractivity contribution < 1.29 is 4.79 Å². The quantitative estimate of drug-likeness (QED) is 0.601. The van der Waals surface area contributed by atoms with Gasteiger partial charge in [-0.1, -0.05) is 43.6 Å². The van der Waals surface area contributed by atoms with E-state index in [1.807, 2.05) is 37.3 Å². The van der Waals surface area contributed by atoms with E-state index in [1.54, 1.807) is 0 Å². The molecule has 0 aliphatic heterocycles. The Morgan fingerprint density at radius 2 is 2.00 bits per heavy atom. The lowest BCUT2D eigenvalue weighted by molar-refractivity contribution is 0.102. The zero-order valence-electron chi connectivity index (χ0n) is 15.9. The van der Waals surface area contributed by atoms with E-state index in [4.69, 9.17) is 16.6 Å². The molecule has 3 aromatic rings. The van der Waals surface area contributed by atoms with E-state index < -0.39 is 0 Å². The highest BCUT2D eigenvalue weighted by Crippen LogP contribution is 2.33. The Morgan fingerprint density at radius 3 is 2.78 bits per heavy atom. The van der Waals surface area contributed by atoms with E-state index in [2.05, 4.69) is 25.2 Å². The van der Waals surface area contributed by atoms with Crippen LogP contribution in [0.15, 0.2) is 36.4 Å². The van der Waals surface area contributed by atoms with E-state index in [-0.39, 0.29) is 5.91 Å². The van der Waals surface area contributed by atoms with Crippen LogP contribution in [0.4, 0.5) is 5.69 Å². The molecule has 1 amide bonds. The fraction of sp³-hybridized carbons (Fsp3) is 0.304. The molecule has 1 heterocycles. The first-order valence-electron chi connectivity index (χ1n) is 9.47. The Morgan fingerprint density at radius 1 is 1.19 bits per heavy atom. The average Bonchev–Trinajstić information content (AvgIpc) is 3.09. The van der Waals surface area contributed by atoms with Gasteiger partial charge in [-0.15, -0.1) is 0 Å². The summed E-state index contributed by atoms with van der Waals surface area (Å²) in [6, 6.07) is 11.8. The summed E-state index contributed by atoms with van der Waals surface area (Å²) in [5.74, 6) is 0.258. The number of nitrogens with zero attached hydrogens (tertiary/aromatic N) is 1. The Hall–Kier alpha value is -2.39. The Kier molecular flexibility index (Phi) is 4.65. The molecule has 0 spiro atoms. The highest BCUT2D eigenvalue weighted by atomic mass is 35.5. The normalized spacial score (nSPS) is 13.2. The molecule has 4 rings (SSSR count). The van der Waals surface area contributed by atoms with E-state index in [0.29, 0.717) is 10.9 Å². The summed E-state index contributed by atoms with van der Waals surface area (Å²) in [4.78, 5) is 18.2. The van der Waals surface area contributed by atoms with Crippen molar-refractivity contribution in [3.05, 3.63) is 69.4 Å². The van der Waals surface area contributed by atoms with Gasteiger partial charge in [0.1, 0.15) is 0 Å².